The van der Waals surface area contributed by atoms with E-state index < -0.39 is 0 Å². The summed E-state index contributed by atoms with van der Waals surface area (Å²) >= 11 is 3.51. The van der Waals surface area contributed by atoms with E-state index in [1.165, 1.54) is 5.56 Å². The largest absolute Gasteiger partial charge is 0.449 e. The number of amides is 1. The lowest BCUT2D eigenvalue weighted by Gasteiger charge is -2.22. The Morgan fingerprint density at radius 3 is 2.82 bits per heavy atom. The molecule has 1 heterocycles. The number of halogens is 1. The summed E-state index contributed by atoms with van der Waals surface area (Å²) in [5.41, 5.74) is 1.30. The van der Waals surface area contributed by atoms with Gasteiger partial charge in [-0.15, -0.1) is 0 Å². The maximum atomic E-state index is 12.0. The van der Waals surface area contributed by atoms with Crippen molar-refractivity contribution < 1.29 is 9.53 Å². The molecule has 0 atom stereocenters. The minimum atomic E-state index is -0.169. The molecule has 2 rings (SSSR count). The number of rotatable bonds is 4. The Morgan fingerprint density at radius 1 is 1.27 bits per heavy atom. The van der Waals surface area contributed by atoms with Gasteiger partial charge >= 0.3 is 6.09 Å². The molecule has 0 unspecified atom stereocenters. The van der Waals surface area contributed by atoms with Crippen molar-refractivity contribution in [2.45, 2.75) is 26.8 Å². The van der Waals surface area contributed by atoms with Crippen LogP contribution in [0.1, 0.15) is 25.8 Å². The average Bonchev–Trinajstić information content (AvgIpc) is 2.70. The van der Waals surface area contributed by atoms with Crippen LogP contribution in [0.15, 0.2) is 28.7 Å². The molecule has 0 radical (unpaired) electrons. The molecule has 0 aromatic heterocycles. The van der Waals surface area contributed by atoms with Crippen LogP contribution in [0.25, 0.3) is 0 Å². The number of carbonyl (C=O) groups excluding carboxylic acids is 1. The van der Waals surface area contributed by atoms with Gasteiger partial charge in [0.2, 0.25) is 0 Å². The van der Waals surface area contributed by atoms with Gasteiger partial charge in [-0.3, -0.25) is 4.90 Å². The highest BCUT2D eigenvalue weighted by molar-refractivity contribution is 9.10. The molecule has 1 amide bonds. The quantitative estimate of drug-likeness (QED) is 0.811. The van der Waals surface area contributed by atoms with Crippen LogP contribution in [-0.2, 0) is 11.3 Å². The number of hydrogen-bond acceptors (Lipinski definition) is 3. The van der Waals surface area contributed by atoms with Crippen molar-refractivity contribution >= 4 is 22.0 Å². The second-order valence-corrected chi connectivity index (χ2v) is 7.13. The molecule has 0 spiro atoms. The van der Waals surface area contributed by atoms with E-state index in [9.17, 15) is 4.79 Å². The number of hydrogen-bond donors (Lipinski definition) is 0. The summed E-state index contributed by atoms with van der Waals surface area (Å²) in [6.07, 6.45) is 0.822. The maximum absolute atomic E-state index is 12.0. The lowest BCUT2D eigenvalue weighted by molar-refractivity contribution is 0.0930. The van der Waals surface area contributed by atoms with Crippen molar-refractivity contribution in [3.05, 3.63) is 34.3 Å². The van der Waals surface area contributed by atoms with Gasteiger partial charge in [0.1, 0.15) is 0 Å². The molecule has 22 heavy (non-hydrogen) atoms. The van der Waals surface area contributed by atoms with Crippen LogP contribution >= 0.6 is 15.9 Å². The number of ether oxygens (including phenoxy) is 1. The van der Waals surface area contributed by atoms with Crippen molar-refractivity contribution in [2.75, 3.05) is 32.8 Å². The predicted octanol–water partition coefficient (Wildman–Crippen LogP) is 3.75. The van der Waals surface area contributed by atoms with E-state index >= 15 is 0 Å². The minimum Gasteiger partial charge on any atom is -0.449 e. The number of carbonyl (C=O) groups is 1. The molecule has 1 fully saturated rings. The topological polar surface area (TPSA) is 32.8 Å². The molecule has 122 valence electrons. The Morgan fingerprint density at radius 2 is 2.09 bits per heavy atom. The Balaban J connectivity index is 1.83. The third-order valence-electron chi connectivity index (χ3n) is 3.68. The number of benzene rings is 1. The van der Waals surface area contributed by atoms with Gasteiger partial charge in [0.15, 0.2) is 0 Å². The van der Waals surface area contributed by atoms with E-state index in [0.29, 0.717) is 12.5 Å². The SMILES string of the molecule is CC(C)COC(=O)N1CCCN(Cc2cccc(Br)c2)CC1. The molecular formula is C17H25BrN2O2. The van der Waals surface area contributed by atoms with Crippen LogP contribution < -0.4 is 0 Å². The van der Waals surface area contributed by atoms with Gasteiger partial charge in [0.05, 0.1) is 6.61 Å². The fraction of sp³-hybridized carbons (Fsp3) is 0.588. The maximum Gasteiger partial charge on any atom is 0.409 e. The van der Waals surface area contributed by atoms with Gasteiger partial charge in [-0.2, -0.15) is 0 Å². The summed E-state index contributed by atoms with van der Waals surface area (Å²) < 4.78 is 6.44. The molecule has 5 heteroatoms. The van der Waals surface area contributed by atoms with E-state index in [4.69, 9.17) is 4.74 Å². The summed E-state index contributed by atoms with van der Waals surface area (Å²) in [4.78, 5) is 16.3. The van der Waals surface area contributed by atoms with Crippen LogP contribution in [0, 0.1) is 5.92 Å². The lowest BCUT2D eigenvalue weighted by atomic mass is 10.2. The second kappa shape index (κ2) is 8.53. The standard InChI is InChI=1S/C17H25BrN2O2/c1-14(2)13-22-17(21)20-8-4-7-19(9-10-20)12-15-5-3-6-16(18)11-15/h3,5-6,11,14H,4,7-10,12-13H2,1-2H3. The van der Waals surface area contributed by atoms with Crippen LogP contribution in [0.4, 0.5) is 4.79 Å². The van der Waals surface area contributed by atoms with E-state index in [0.717, 1.165) is 43.6 Å². The molecule has 1 aromatic carbocycles. The summed E-state index contributed by atoms with van der Waals surface area (Å²) in [5, 5.41) is 0. The highest BCUT2D eigenvalue weighted by Gasteiger charge is 2.20. The van der Waals surface area contributed by atoms with Gasteiger partial charge < -0.3 is 9.64 Å². The van der Waals surface area contributed by atoms with Gasteiger partial charge in [0.25, 0.3) is 0 Å². The van der Waals surface area contributed by atoms with Crippen molar-refractivity contribution in [1.29, 1.82) is 0 Å². The molecule has 1 saturated heterocycles. The van der Waals surface area contributed by atoms with Crippen LogP contribution in [0.3, 0.4) is 0 Å². The highest BCUT2D eigenvalue weighted by atomic mass is 79.9. The Kier molecular flexibility index (Phi) is 6.70. The molecule has 0 saturated carbocycles. The summed E-state index contributed by atoms with van der Waals surface area (Å²) in [6, 6.07) is 8.40. The third kappa shape index (κ3) is 5.61. The predicted molar refractivity (Wildman–Crippen MR) is 91.8 cm³/mol. The van der Waals surface area contributed by atoms with E-state index in [2.05, 4.69) is 52.9 Å². The zero-order chi connectivity index (χ0) is 15.9. The Labute approximate surface area is 141 Å². The first-order valence-electron chi connectivity index (χ1n) is 7.93. The molecular weight excluding hydrogens is 344 g/mol. The second-order valence-electron chi connectivity index (χ2n) is 6.22. The summed E-state index contributed by atoms with van der Waals surface area (Å²) in [6.45, 7) is 8.96. The van der Waals surface area contributed by atoms with E-state index in [-0.39, 0.29) is 6.09 Å². The van der Waals surface area contributed by atoms with E-state index in [1.807, 2.05) is 11.0 Å². The van der Waals surface area contributed by atoms with E-state index in [1.54, 1.807) is 0 Å². The average molecular weight is 369 g/mol. The van der Waals surface area contributed by atoms with Crippen molar-refractivity contribution in [1.82, 2.24) is 9.80 Å². The van der Waals surface area contributed by atoms with Gasteiger partial charge in [-0.05, 0) is 30.0 Å². The molecule has 0 N–H and O–H groups in total. The first-order chi connectivity index (χ1) is 10.5. The smallest absolute Gasteiger partial charge is 0.409 e. The molecule has 1 aliphatic heterocycles. The monoisotopic (exact) mass is 368 g/mol. The van der Waals surface area contributed by atoms with Crippen LogP contribution in [0.5, 0.6) is 0 Å². The van der Waals surface area contributed by atoms with Gasteiger partial charge in [-0.25, -0.2) is 4.79 Å². The van der Waals surface area contributed by atoms with Crippen molar-refractivity contribution in [2.24, 2.45) is 5.92 Å². The molecule has 1 aromatic rings. The third-order valence-corrected chi connectivity index (χ3v) is 4.18. The first-order valence-corrected chi connectivity index (χ1v) is 8.72. The van der Waals surface area contributed by atoms with Gasteiger partial charge in [-0.1, -0.05) is 41.9 Å². The van der Waals surface area contributed by atoms with Crippen LogP contribution in [-0.4, -0.2) is 48.7 Å². The molecule has 4 nitrogen and oxygen atoms in total. The molecule has 1 aliphatic rings. The normalized spacial score (nSPS) is 16.6. The van der Waals surface area contributed by atoms with Crippen molar-refractivity contribution in [3.8, 4) is 0 Å². The Hall–Kier alpha value is -1.07. The van der Waals surface area contributed by atoms with Crippen molar-refractivity contribution in [3.63, 3.8) is 0 Å². The lowest BCUT2D eigenvalue weighted by Crippen LogP contribution is -2.36. The fourth-order valence-corrected chi connectivity index (χ4v) is 2.98. The first kappa shape index (κ1) is 17.3. The minimum absolute atomic E-state index is 0.169. The Bertz CT molecular complexity index is 493. The number of nitrogens with zero attached hydrogens (tertiary/aromatic N) is 2. The fourth-order valence-electron chi connectivity index (χ4n) is 2.53. The highest BCUT2D eigenvalue weighted by Crippen LogP contribution is 2.15. The zero-order valence-electron chi connectivity index (χ0n) is 13.4. The van der Waals surface area contributed by atoms with Crippen LogP contribution in [0.2, 0.25) is 0 Å². The zero-order valence-corrected chi connectivity index (χ0v) is 15.0. The molecule has 0 aliphatic carbocycles. The molecule has 0 bridgehead atoms. The summed E-state index contributed by atoms with van der Waals surface area (Å²) in [7, 11) is 0. The van der Waals surface area contributed by atoms with Gasteiger partial charge in [0, 0.05) is 37.2 Å². The summed E-state index contributed by atoms with van der Waals surface area (Å²) in [5.74, 6) is 0.379.